The zero-order valence-electron chi connectivity index (χ0n) is 13.4. The number of hydrogen-bond donors (Lipinski definition) is 2. The lowest BCUT2D eigenvalue weighted by Gasteiger charge is -2.45. The summed E-state index contributed by atoms with van der Waals surface area (Å²) in [5.41, 5.74) is 0.0112. The molecule has 1 rings (SSSR count). The summed E-state index contributed by atoms with van der Waals surface area (Å²) in [5, 5.41) is 5.86. The van der Waals surface area contributed by atoms with Crippen molar-refractivity contribution in [1.82, 2.24) is 15.5 Å². The quantitative estimate of drug-likeness (QED) is 0.823. The third-order valence-corrected chi connectivity index (χ3v) is 3.83. The molecule has 2 amide bonds. The minimum absolute atomic E-state index is 0.0112. The van der Waals surface area contributed by atoms with E-state index in [9.17, 15) is 4.79 Å². The Kier molecular flexibility index (Phi) is 5.65. The normalized spacial score (nSPS) is 25.4. The van der Waals surface area contributed by atoms with Gasteiger partial charge in [-0.3, -0.25) is 4.90 Å². The van der Waals surface area contributed by atoms with Crippen LogP contribution in [-0.2, 0) is 0 Å². The maximum atomic E-state index is 11.7. The minimum atomic E-state index is -0.0684. The van der Waals surface area contributed by atoms with E-state index in [0.717, 1.165) is 24.9 Å². The molecule has 0 bridgehead atoms. The molecule has 0 saturated carbocycles. The third kappa shape index (κ3) is 5.39. The summed E-state index contributed by atoms with van der Waals surface area (Å²) in [6.45, 7) is 16.0. The van der Waals surface area contributed by atoms with E-state index in [1.165, 1.54) is 6.42 Å². The number of amides is 2. The molecule has 0 aliphatic carbocycles. The van der Waals surface area contributed by atoms with Crippen molar-refractivity contribution in [3.05, 3.63) is 0 Å². The van der Waals surface area contributed by atoms with Crippen LogP contribution < -0.4 is 10.6 Å². The van der Waals surface area contributed by atoms with E-state index in [2.05, 4.69) is 43.2 Å². The molecule has 2 unspecified atom stereocenters. The average molecular weight is 269 g/mol. The number of rotatable bonds is 4. The van der Waals surface area contributed by atoms with Crippen LogP contribution >= 0.6 is 0 Å². The predicted molar refractivity (Wildman–Crippen MR) is 80.3 cm³/mol. The molecule has 1 heterocycles. The molecule has 112 valence electrons. The second kappa shape index (κ2) is 6.60. The Balaban J connectivity index is 2.48. The molecule has 0 aromatic heterocycles. The van der Waals surface area contributed by atoms with Gasteiger partial charge in [0.2, 0.25) is 0 Å². The molecule has 4 nitrogen and oxygen atoms in total. The Morgan fingerprint density at radius 1 is 1.26 bits per heavy atom. The SMILES string of the molecule is CC1CC(C)CN(C(C)(C)CNC(=O)NC(C)C)C1. The van der Waals surface area contributed by atoms with Gasteiger partial charge in [-0.25, -0.2) is 4.79 Å². The van der Waals surface area contributed by atoms with Crippen molar-refractivity contribution in [2.75, 3.05) is 19.6 Å². The van der Waals surface area contributed by atoms with Gasteiger partial charge in [0.05, 0.1) is 0 Å². The molecular formula is C15H31N3O. The van der Waals surface area contributed by atoms with E-state index < -0.39 is 0 Å². The maximum Gasteiger partial charge on any atom is 0.315 e. The summed E-state index contributed by atoms with van der Waals surface area (Å²) in [4.78, 5) is 14.2. The Bertz CT molecular complexity index is 292. The molecule has 2 atom stereocenters. The van der Waals surface area contributed by atoms with Gasteiger partial charge < -0.3 is 10.6 Å². The second-order valence-electron chi connectivity index (χ2n) is 7.15. The van der Waals surface area contributed by atoms with Crippen molar-refractivity contribution in [2.45, 2.75) is 59.5 Å². The van der Waals surface area contributed by atoms with Crippen LogP contribution in [0.2, 0.25) is 0 Å². The fourth-order valence-electron chi connectivity index (χ4n) is 2.88. The summed E-state index contributed by atoms with van der Waals surface area (Å²) in [6, 6.07) is 0.110. The first-order valence-corrected chi connectivity index (χ1v) is 7.50. The molecule has 0 aromatic rings. The number of carbonyl (C=O) groups is 1. The highest BCUT2D eigenvalue weighted by Crippen LogP contribution is 2.26. The van der Waals surface area contributed by atoms with Gasteiger partial charge in [-0.1, -0.05) is 13.8 Å². The van der Waals surface area contributed by atoms with Crippen LogP contribution in [0.25, 0.3) is 0 Å². The predicted octanol–water partition coefficient (Wildman–Crippen LogP) is 2.45. The highest BCUT2D eigenvalue weighted by Gasteiger charge is 2.32. The molecule has 0 aromatic carbocycles. The number of carbonyl (C=O) groups excluding carboxylic acids is 1. The summed E-state index contributed by atoms with van der Waals surface area (Å²) in [5.74, 6) is 1.49. The molecule has 2 N–H and O–H groups in total. The van der Waals surface area contributed by atoms with Gasteiger partial charge in [-0.05, 0) is 46.0 Å². The van der Waals surface area contributed by atoms with Gasteiger partial charge in [0, 0.05) is 31.2 Å². The van der Waals surface area contributed by atoms with E-state index in [1.807, 2.05) is 13.8 Å². The first-order valence-electron chi connectivity index (χ1n) is 7.50. The number of nitrogens with one attached hydrogen (secondary N) is 2. The Morgan fingerprint density at radius 2 is 1.79 bits per heavy atom. The zero-order chi connectivity index (χ0) is 14.6. The fraction of sp³-hybridized carbons (Fsp3) is 0.933. The average Bonchev–Trinajstić information content (AvgIpc) is 2.24. The van der Waals surface area contributed by atoms with E-state index in [1.54, 1.807) is 0 Å². The molecule has 0 radical (unpaired) electrons. The third-order valence-electron chi connectivity index (χ3n) is 3.83. The second-order valence-corrected chi connectivity index (χ2v) is 7.15. The zero-order valence-corrected chi connectivity index (χ0v) is 13.4. The van der Waals surface area contributed by atoms with Crippen molar-refractivity contribution in [2.24, 2.45) is 11.8 Å². The van der Waals surface area contributed by atoms with Crippen molar-refractivity contribution >= 4 is 6.03 Å². The van der Waals surface area contributed by atoms with Crippen LogP contribution in [0.4, 0.5) is 4.79 Å². The lowest BCUT2D eigenvalue weighted by atomic mass is 9.88. The fourth-order valence-corrected chi connectivity index (χ4v) is 2.88. The number of piperidine rings is 1. The molecule has 1 aliphatic rings. The largest absolute Gasteiger partial charge is 0.336 e. The lowest BCUT2D eigenvalue weighted by molar-refractivity contribution is 0.0472. The number of urea groups is 1. The monoisotopic (exact) mass is 269 g/mol. The number of likely N-dealkylation sites (tertiary alicyclic amines) is 1. The Labute approximate surface area is 118 Å². The van der Waals surface area contributed by atoms with E-state index in [4.69, 9.17) is 0 Å². The van der Waals surface area contributed by atoms with Crippen molar-refractivity contribution < 1.29 is 4.79 Å². The van der Waals surface area contributed by atoms with Crippen LogP contribution in [0.1, 0.15) is 48.0 Å². The van der Waals surface area contributed by atoms with E-state index >= 15 is 0 Å². The van der Waals surface area contributed by atoms with Crippen molar-refractivity contribution in [1.29, 1.82) is 0 Å². The topological polar surface area (TPSA) is 44.4 Å². The van der Waals surface area contributed by atoms with Gasteiger partial charge in [-0.15, -0.1) is 0 Å². The molecule has 0 spiro atoms. The summed E-state index contributed by atoms with van der Waals surface area (Å²) in [7, 11) is 0. The van der Waals surface area contributed by atoms with Crippen LogP contribution in [-0.4, -0.2) is 42.1 Å². The van der Waals surface area contributed by atoms with Crippen molar-refractivity contribution in [3.8, 4) is 0 Å². The number of nitrogens with zero attached hydrogens (tertiary/aromatic N) is 1. The van der Waals surface area contributed by atoms with Gasteiger partial charge in [0.25, 0.3) is 0 Å². The molecule has 1 saturated heterocycles. The van der Waals surface area contributed by atoms with Gasteiger partial charge in [-0.2, -0.15) is 0 Å². The lowest BCUT2D eigenvalue weighted by Crippen LogP contribution is -2.57. The summed E-state index contributed by atoms with van der Waals surface area (Å²) < 4.78 is 0. The Morgan fingerprint density at radius 3 is 2.26 bits per heavy atom. The molecular weight excluding hydrogens is 238 g/mol. The highest BCUT2D eigenvalue weighted by atomic mass is 16.2. The first-order chi connectivity index (χ1) is 8.70. The van der Waals surface area contributed by atoms with E-state index in [0.29, 0.717) is 6.54 Å². The standard InChI is InChI=1S/C15H31N3O/c1-11(2)17-14(19)16-10-15(5,6)18-8-12(3)7-13(4)9-18/h11-13H,7-10H2,1-6H3,(H2,16,17,19). The highest BCUT2D eigenvalue weighted by molar-refractivity contribution is 5.74. The van der Waals surface area contributed by atoms with Crippen LogP contribution in [0.5, 0.6) is 0 Å². The van der Waals surface area contributed by atoms with Gasteiger partial charge in [0.15, 0.2) is 0 Å². The smallest absolute Gasteiger partial charge is 0.315 e. The molecule has 1 fully saturated rings. The van der Waals surface area contributed by atoms with Crippen LogP contribution in [0.3, 0.4) is 0 Å². The summed E-state index contributed by atoms with van der Waals surface area (Å²) >= 11 is 0. The molecule has 19 heavy (non-hydrogen) atoms. The van der Waals surface area contributed by atoms with Crippen LogP contribution in [0.15, 0.2) is 0 Å². The Hall–Kier alpha value is -0.770. The maximum absolute atomic E-state index is 11.7. The number of hydrogen-bond acceptors (Lipinski definition) is 2. The first kappa shape index (κ1) is 16.3. The van der Waals surface area contributed by atoms with E-state index in [-0.39, 0.29) is 17.6 Å². The van der Waals surface area contributed by atoms with Gasteiger partial charge in [0.1, 0.15) is 0 Å². The van der Waals surface area contributed by atoms with Crippen LogP contribution in [0, 0.1) is 11.8 Å². The van der Waals surface area contributed by atoms with Gasteiger partial charge >= 0.3 is 6.03 Å². The minimum Gasteiger partial charge on any atom is -0.336 e. The molecule has 1 aliphatic heterocycles. The summed E-state index contributed by atoms with van der Waals surface area (Å²) in [6.07, 6.45) is 1.31. The molecule has 4 heteroatoms. The van der Waals surface area contributed by atoms with Crippen molar-refractivity contribution in [3.63, 3.8) is 0 Å².